The molecule has 3 aromatic heterocycles. The van der Waals surface area contributed by atoms with Gasteiger partial charge in [0.25, 0.3) is 0 Å². The third kappa shape index (κ3) is 2.48. The Morgan fingerprint density at radius 3 is 2.88 bits per heavy atom. The maximum absolute atomic E-state index is 11.9. The summed E-state index contributed by atoms with van der Waals surface area (Å²) in [6.45, 7) is 6.01. The molecule has 4 heterocycles. The third-order valence-corrected chi connectivity index (χ3v) is 4.20. The number of amides is 1. The van der Waals surface area contributed by atoms with Crippen LogP contribution in [0.15, 0.2) is 12.5 Å². The number of nitrogens with one attached hydrogen (secondary N) is 1. The van der Waals surface area contributed by atoms with Crippen molar-refractivity contribution < 1.29 is 4.79 Å². The summed E-state index contributed by atoms with van der Waals surface area (Å²) in [5.74, 6) is 1.02. The van der Waals surface area contributed by atoms with Gasteiger partial charge in [-0.2, -0.15) is 5.10 Å². The standard InChI is InChI=1S/C16H18N8O/c1-7(2)4-9-15-18-6-19-24(15)5-10(20-9)13-21-12(17)11-8(3)16(25)23-14(11)22-13/h5-8H,4H2,1-3H3,(H3,17,21,22,23,25). The van der Waals surface area contributed by atoms with Gasteiger partial charge in [-0.15, -0.1) is 0 Å². The molecule has 1 aliphatic rings. The summed E-state index contributed by atoms with van der Waals surface area (Å²) in [7, 11) is 0. The van der Waals surface area contributed by atoms with Crippen molar-refractivity contribution in [2.24, 2.45) is 5.92 Å². The van der Waals surface area contributed by atoms with Gasteiger partial charge < -0.3 is 11.1 Å². The topological polar surface area (TPSA) is 124 Å². The van der Waals surface area contributed by atoms with E-state index in [1.54, 1.807) is 17.6 Å². The van der Waals surface area contributed by atoms with Crippen molar-refractivity contribution in [1.82, 2.24) is 29.5 Å². The maximum Gasteiger partial charge on any atom is 0.233 e. The fourth-order valence-corrected chi connectivity index (χ4v) is 3.00. The van der Waals surface area contributed by atoms with Gasteiger partial charge in [0.2, 0.25) is 5.91 Å². The first-order valence-corrected chi connectivity index (χ1v) is 8.12. The summed E-state index contributed by atoms with van der Waals surface area (Å²) in [5, 5.41) is 6.95. The molecule has 0 aliphatic carbocycles. The molecule has 0 saturated carbocycles. The van der Waals surface area contributed by atoms with Gasteiger partial charge in [0.05, 0.1) is 17.8 Å². The number of nitrogens with zero attached hydrogens (tertiary/aromatic N) is 6. The average Bonchev–Trinajstić information content (AvgIpc) is 3.12. The molecule has 25 heavy (non-hydrogen) atoms. The summed E-state index contributed by atoms with van der Waals surface area (Å²) < 4.78 is 1.66. The van der Waals surface area contributed by atoms with Crippen LogP contribution < -0.4 is 11.1 Å². The quantitative estimate of drug-likeness (QED) is 0.740. The Labute approximate surface area is 143 Å². The maximum atomic E-state index is 11.9. The number of fused-ring (bicyclic) bond motifs is 2. The van der Waals surface area contributed by atoms with Crippen LogP contribution >= 0.6 is 0 Å². The third-order valence-electron chi connectivity index (χ3n) is 4.20. The van der Waals surface area contributed by atoms with Gasteiger partial charge in [-0.25, -0.2) is 24.5 Å². The molecule has 0 bridgehead atoms. The van der Waals surface area contributed by atoms with Gasteiger partial charge in [-0.1, -0.05) is 13.8 Å². The number of aromatic nitrogens is 6. The molecule has 9 nitrogen and oxygen atoms in total. The van der Waals surface area contributed by atoms with Crippen LogP contribution in [0.3, 0.4) is 0 Å². The van der Waals surface area contributed by atoms with E-state index >= 15 is 0 Å². The molecule has 9 heteroatoms. The molecule has 0 spiro atoms. The summed E-state index contributed by atoms with van der Waals surface area (Å²) in [4.78, 5) is 29.6. The molecule has 4 rings (SSSR count). The predicted molar refractivity (Wildman–Crippen MR) is 91.8 cm³/mol. The highest BCUT2D eigenvalue weighted by Crippen LogP contribution is 2.35. The monoisotopic (exact) mass is 338 g/mol. The minimum Gasteiger partial charge on any atom is -0.383 e. The zero-order valence-corrected chi connectivity index (χ0v) is 14.2. The largest absolute Gasteiger partial charge is 0.383 e. The minimum absolute atomic E-state index is 0.131. The van der Waals surface area contributed by atoms with Crippen molar-refractivity contribution in [3.05, 3.63) is 23.8 Å². The lowest BCUT2D eigenvalue weighted by atomic mass is 10.1. The first kappa shape index (κ1) is 15.4. The zero-order chi connectivity index (χ0) is 17.7. The summed E-state index contributed by atoms with van der Waals surface area (Å²) in [5.41, 5.74) is 8.78. The fourth-order valence-electron chi connectivity index (χ4n) is 3.00. The van der Waals surface area contributed by atoms with E-state index in [2.05, 4.69) is 44.2 Å². The van der Waals surface area contributed by atoms with E-state index in [4.69, 9.17) is 5.73 Å². The number of hydrogen-bond acceptors (Lipinski definition) is 7. The molecule has 0 saturated heterocycles. The molecular weight excluding hydrogens is 320 g/mol. The van der Waals surface area contributed by atoms with Crippen molar-refractivity contribution in [3.63, 3.8) is 0 Å². The van der Waals surface area contributed by atoms with E-state index in [9.17, 15) is 4.79 Å². The lowest BCUT2D eigenvalue weighted by molar-refractivity contribution is -0.116. The molecule has 0 radical (unpaired) electrons. The molecule has 1 amide bonds. The van der Waals surface area contributed by atoms with Crippen LogP contribution in [0.25, 0.3) is 17.2 Å². The van der Waals surface area contributed by atoms with Gasteiger partial charge in [0.15, 0.2) is 11.5 Å². The lowest BCUT2D eigenvalue weighted by Crippen LogP contribution is -2.09. The molecule has 1 unspecified atom stereocenters. The van der Waals surface area contributed by atoms with E-state index in [-0.39, 0.29) is 17.6 Å². The molecule has 3 aromatic rings. The Morgan fingerprint density at radius 2 is 2.12 bits per heavy atom. The van der Waals surface area contributed by atoms with Gasteiger partial charge in [-0.3, -0.25) is 4.79 Å². The van der Waals surface area contributed by atoms with E-state index in [1.807, 2.05) is 0 Å². The van der Waals surface area contributed by atoms with E-state index in [0.717, 1.165) is 12.1 Å². The van der Waals surface area contributed by atoms with Crippen molar-refractivity contribution in [1.29, 1.82) is 0 Å². The number of anilines is 2. The molecular formula is C16H18N8O. The molecule has 0 aromatic carbocycles. The molecule has 0 fully saturated rings. The first-order chi connectivity index (χ1) is 11.9. The van der Waals surface area contributed by atoms with E-state index < -0.39 is 0 Å². The SMILES string of the molecule is CC(C)Cc1nc(-c2nc(N)c3c(n2)NC(=O)C3C)cn2ncnc12. The second-order valence-corrected chi connectivity index (χ2v) is 6.60. The van der Waals surface area contributed by atoms with Crippen LogP contribution in [0.1, 0.15) is 37.9 Å². The highest BCUT2D eigenvalue weighted by Gasteiger charge is 2.31. The first-order valence-electron chi connectivity index (χ1n) is 8.12. The van der Waals surface area contributed by atoms with Crippen molar-refractivity contribution in [2.45, 2.75) is 33.1 Å². The molecule has 1 atom stereocenters. The number of carbonyl (C=O) groups excluding carboxylic acids is 1. The minimum atomic E-state index is -0.355. The Hall–Kier alpha value is -3.10. The number of nitrogen functional groups attached to an aromatic ring is 1. The molecule has 1 aliphatic heterocycles. The van der Waals surface area contributed by atoms with E-state index in [0.29, 0.717) is 34.5 Å². The Kier molecular flexibility index (Phi) is 3.38. The van der Waals surface area contributed by atoms with Gasteiger partial charge in [0, 0.05) is 5.56 Å². The predicted octanol–water partition coefficient (Wildman–Crippen LogP) is 1.42. The Balaban J connectivity index is 1.87. The van der Waals surface area contributed by atoms with Crippen LogP contribution in [0, 0.1) is 5.92 Å². The summed E-state index contributed by atoms with van der Waals surface area (Å²) in [6.07, 6.45) is 3.96. The summed E-state index contributed by atoms with van der Waals surface area (Å²) >= 11 is 0. The second kappa shape index (κ2) is 5.47. The van der Waals surface area contributed by atoms with Crippen molar-refractivity contribution in [2.75, 3.05) is 11.1 Å². The van der Waals surface area contributed by atoms with Gasteiger partial charge in [0.1, 0.15) is 23.7 Å². The Morgan fingerprint density at radius 1 is 1.32 bits per heavy atom. The highest BCUT2D eigenvalue weighted by atomic mass is 16.2. The van der Waals surface area contributed by atoms with Gasteiger partial charge in [-0.05, 0) is 19.3 Å². The summed E-state index contributed by atoms with van der Waals surface area (Å²) in [6, 6.07) is 0. The van der Waals surface area contributed by atoms with Crippen LogP contribution in [0.4, 0.5) is 11.6 Å². The molecule has 128 valence electrons. The van der Waals surface area contributed by atoms with Crippen LogP contribution in [0.2, 0.25) is 0 Å². The number of hydrogen-bond donors (Lipinski definition) is 2. The van der Waals surface area contributed by atoms with Crippen LogP contribution in [-0.4, -0.2) is 35.5 Å². The number of nitrogens with two attached hydrogens (primary N) is 1. The highest BCUT2D eigenvalue weighted by molar-refractivity contribution is 6.03. The number of rotatable bonds is 3. The van der Waals surface area contributed by atoms with E-state index in [1.165, 1.54) is 6.33 Å². The van der Waals surface area contributed by atoms with Crippen molar-refractivity contribution in [3.8, 4) is 11.5 Å². The number of carbonyl (C=O) groups is 1. The zero-order valence-electron chi connectivity index (χ0n) is 14.2. The van der Waals surface area contributed by atoms with Crippen molar-refractivity contribution >= 4 is 23.2 Å². The average molecular weight is 338 g/mol. The second-order valence-electron chi connectivity index (χ2n) is 6.60. The lowest BCUT2D eigenvalue weighted by Gasteiger charge is -2.10. The Bertz CT molecular complexity index is 993. The molecule has 3 N–H and O–H groups in total. The van der Waals surface area contributed by atoms with Crippen LogP contribution in [0.5, 0.6) is 0 Å². The smallest absolute Gasteiger partial charge is 0.233 e. The fraction of sp³-hybridized carbons (Fsp3) is 0.375. The van der Waals surface area contributed by atoms with Crippen LogP contribution in [-0.2, 0) is 11.2 Å². The normalized spacial score (nSPS) is 16.5. The van der Waals surface area contributed by atoms with Gasteiger partial charge >= 0.3 is 0 Å².